The molecule has 1 fully saturated rings. The number of esters is 1. The van der Waals surface area contributed by atoms with E-state index in [-0.39, 0.29) is 31.8 Å². The van der Waals surface area contributed by atoms with Gasteiger partial charge in [0.15, 0.2) is 0 Å². The van der Waals surface area contributed by atoms with Crippen molar-refractivity contribution >= 4 is 17.8 Å². The molecule has 1 aliphatic heterocycles. The molecular formula is C20H24F3NO5. The highest BCUT2D eigenvalue weighted by atomic mass is 19.4. The molecule has 29 heavy (non-hydrogen) atoms. The van der Waals surface area contributed by atoms with Crippen molar-refractivity contribution in [2.45, 2.75) is 45.3 Å². The number of ether oxygens (including phenoxy) is 2. The molecule has 1 aliphatic rings. The first-order valence-corrected chi connectivity index (χ1v) is 9.29. The van der Waals surface area contributed by atoms with E-state index in [1.165, 1.54) is 25.0 Å². The molecule has 9 heteroatoms. The Hall–Kier alpha value is -2.58. The first kappa shape index (κ1) is 22.7. The van der Waals surface area contributed by atoms with Crippen LogP contribution in [0.25, 0.3) is 0 Å². The molecule has 160 valence electrons. The van der Waals surface area contributed by atoms with Gasteiger partial charge in [-0.05, 0) is 49.9 Å². The van der Waals surface area contributed by atoms with Crippen LogP contribution >= 0.6 is 0 Å². The van der Waals surface area contributed by atoms with E-state index in [4.69, 9.17) is 9.47 Å². The van der Waals surface area contributed by atoms with Crippen LogP contribution in [-0.4, -0.2) is 43.0 Å². The van der Waals surface area contributed by atoms with Crippen LogP contribution in [0.15, 0.2) is 18.2 Å². The summed E-state index contributed by atoms with van der Waals surface area (Å²) in [5, 5.41) is 0. The molecular weight excluding hydrogens is 391 g/mol. The SMILES string of the molecule is CCOC(=O)CC(=O)[C@@H]1CCN(C(=O)OC)[C@H](c2ccc(C(F)(F)F)cc2C)C1. The zero-order valence-corrected chi connectivity index (χ0v) is 16.5. The third-order valence-electron chi connectivity index (χ3n) is 5.05. The summed E-state index contributed by atoms with van der Waals surface area (Å²) in [6.45, 7) is 3.53. The van der Waals surface area contributed by atoms with Crippen molar-refractivity contribution in [2.24, 2.45) is 5.92 Å². The minimum Gasteiger partial charge on any atom is -0.466 e. The highest BCUT2D eigenvalue weighted by Gasteiger charge is 2.38. The summed E-state index contributed by atoms with van der Waals surface area (Å²) in [5.41, 5.74) is 0.0865. The molecule has 0 radical (unpaired) electrons. The first-order valence-electron chi connectivity index (χ1n) is 9.29. The molecule has 0 bridgehead atoms. The van der Waals surface area contributed by atoms with Gasteiger partial charge in [-0.15, -0.1) is 0 Å². The Labute approximate surface area is 167 Å². The van der Waals surface area contributed by atoms with Gasteiger partial charge in [0.1, 0.15) is 12.2 Å². The molecule has 2 atom stereocenters. The van der Waals surface area contributed by atoms with Gasteiger partial charge in [0.05, 0.1) is 25.3 Å². The monoisotopic (exact) mass is 415 g/mol. The molecule has 0 spiro atoms. The minimum absolute atomic E-state index is 0.167. The van der Waals surface area contributed by atoms with Gasteiger partial charge in [-0.1, -0.05) is 6.07 Å². The molecule has 1 saturated heterocycles. The van der Waals surface area contributed by atoms with Gasteiger partial charge < -0.3 is 14.4 Å². The molecule has 0 unspecified atom stereocenters. The van der Waals surface area contributed by atoms with Gasteiger partial charge in [-0.25, -0.2) is 4.79 Å². The van der Waals surface area contributed by atoms with Crippen LogP contribution in [0.2, 0.25) is 0 Å². The second kappa shape index (κ2) is 9.28. The van der Waals surface area contributed by atoms with E-state index in [2.05, 4.69) is 0 Å². The first-order chi connectivity index (χ1) is 13.6. The summed E-state index contributed by atoms with van der Waals surface area (Å²) in [4.78, 5) is 37.7. The summed E-state index contributed by atoms with van der Waals surface area (Å²) in [6, 6.07) is 2.68. The van der Waals surface area contributed by atoms with Gasteiger partial charge in [-0.3, -0.25) is 9.59 Å². The van der Waals surface area contributed by atoms with Crippen molar-refractivity contribution in [2.75, 3.05) is 20.3 Å². The number of rotatable bonds is 5. The minimum atomic E-state index is -4.48. The molecule has 1 amide bonds. The Bertz CT molecular complexity index is 778. The highest BCUT2D eigenvalue weighted by molar-refractivity contribution is 5.97. The van der Waals surface area contributed by atoms with Crippen LogP contribution < -0.4 is 0 Å². The van der Waals surface area contributed by atoms with E-state index in [1.54, 1.807) is 6.92 Å². The molecule has 6 nitrogen and oxygen atoms in total. The fourth-order valence-electron chi connectivity index (χ4n) is 3.61. The maximum Gasteiger partial charge on any atom is 0.416 e. The van der Waals surface area contributed by atoms with E-state index >= 15 is 0 Å². The lowest BCUT2D eigenvalue weighted by molar-refractivity contribution is -0.146. The Morgan fingerprint density at radius 2 is 1.93 bits per heavy atom. The number of likely N-dealkylation sites (tertiary alicyclic amines) is 1. The molecule has 0 aromatic heterocycles. The number of benzene rings is 1. The number of hydrogen-bond acceptors (Lipinski definition) is 5. The zero-order valence-electron chi connectivity index (χ0n) is 16.5. The molecule has 1 aromatic rings. The third kappa shape index (κ3) is 5.48. The van der Waals surface area contributed by atoms with Gasteiger partial charge in [-0.2, -0.15) is 13.2 Å². The number of nitrogens with zero attached hydrogens (tertiary/aromatic N) is 1. The number of carbonyl (C=O) groups is 3. The summed E-state index contributed by atoms with van der Waals surface area (Å²) in [7, 11) is 1.22. The Balaban J connectivity index is 2.30. The van der Waals surface area contributed by atoms with E-state index in [0.717, 1.165) is 12.1 Å². The zero-order chi connectivity index (χ0) is 21.8. The number of ketones is 1. The summed E-state index contributed by atoms with van der Waals surface area (Å²) >= 11 is 0. The Kier molecular flexibility index (Phi) is 7.26. The quantitative estimate of drug-likeness (QED) is 0.536. The number of piperidine rings is 1. The standard InChI is InChI=1S/C20H24F3NO5/c1-4-29-18(26)11-17(25)13-7-8-24(19(27)28-3)16(10-13)15-6-5-14(9-12(15)2)20(21,22)23/h5-6,9,13,16H,4,7-8,10-11H2,1-3H3/t13-,16+/m1/s1. The summed E-state index contributed by atoms with van der Waals surface area (Å²) in [5.74, 6) is -1.43. The fraction of sp³-hybridized carbons (Fsp3) is 0.550. The van der Waals surface area contributed by atoms with Crippen molar-refractivity contribution in [3.05, 3.63) is 34.9 Å². The van der Waals surface area contributed by atoms with Crippen molar-refractivity contribution in [3.8, 4) is 0 Å². The largest absolute Gasteiger partial charge is 0.466 e. The number of alkyl halides is 3. The van der Waals surface area contributed by atoms with Crippen LogP contribution in [0.5, 0.6) is 0 Å². The predicted molar refractivity (Wildman–Crippen MR) is 97.0 cm³/mol. The number of methoxy groups -OCH3 is 1. The molecule has 1 heterocycles. The third-order valence-corrected chi connectivity index (χ3v) is 5.05. The smallest absolute Gasteiger partial charge is 0.416 e. The van der Waals surface area contributed by atoms with Crippen LogP contribution in [0.3, 0.4) is 0 Å². The average Bonchev–Trinajstić information content (AvgIpc) is 2.66. The topological polar surface area (TPSA) is 72.9 Å². The lowest BCUT2D eigenvalue weighted by Gasteiger charge is -2.39. The lowest BCUT2D eigenvalue weighted by Crippen LogP contribution is -2.43. The number of hydrogen-bond donors (Lipinski definition) is 0. The van der Waals surface area contributed by atoms with Crippen LogP contribution in [-0.2, 0) is 25.2 Å². The number of carbonyl (C=O) groups excluding carboxylic acids is 3. The number of amides is 1. The second-order valence-electron chi connectivity index (χ2n) is 6.92. The maximum absolute atomic E-state index is 13.0. The predicted octanol–water partition coefficient (Wildman–Crippen LogP) is 4.06. The second-order valence-corrected chi connectivity index (χ2v) is 6.92. The van der Waals surface area contributed by atoms with Crippen LogP contribution in [0.4, 0.5) is 18.0 Å². The van der Waals surface area contributed by atoms with Crippen LogP contribution in [0.1, 0.15) is 48.9 Å². The molecule has 1 aromatic carbocycles. The normalized spacial score (nSPS) is 19.6. The van der Waals surface area contributed by atoms with Gasteiger partial charge >= 0.3 is 18.2 Å². The fourth-order valence-corrected chi connectivity index (χ4v) is 3.61. The average molecular weight is 415 g/mol. The molecule has 2 rings (SSSR count). The van der Waals surface area contributed by atoms with Crippen molar-refractivity contribution in [1.82, 2.24) is 4.90 Å². The van der Waals surface area contributed by atoms with E-state index < -0.39 is 35.8 Å². The van der Waals surface area contributed by atoms with Gasteiger partial charge in [0.25, 0.3) is 0 Å². The lowest BCUT2D eigenvalue weighted by atomic mass is 9.82. The summed E-state index contributed by atoms with van der Waals surface area (Å²) < 4.78 is 48.5. The Morgan fingerprint density at radius 1 is 1.24 bits per heavy atom. The summed E-state index contributed by atoms with van der Waals surface area (Å²) in [6.07, 6.45) is -4.93. The van der Waals surface area contributed by atoms with E-state index in [0.29, 0.717) is 17.5 Å². The molecule has 0 saturated carbocycles. The number of aryl methyl sites for hydroxylation is 1. The molecule has 0 aliphatic carbocycles. The van der Waals surface area contributed by atoms with Gasteiger partial charge in [0.2, 0.25) is 0 Å². The number of Topliss-reactive ketones (excluding diaryl/α,β-unsaturated/α-hetero) is 1. The maximum atomic E-state index is 13.0. The van der Waals surface area contributed by atoms with Gasteiger partial charge in [0, 0.05) is 12.5 Å². The Morgan fingerprint density at radius 3 is 2.48 bits per heavy atom. The number of halogens is 3. The highest BCUT2D eigenvalue weighted by Crippen LogP contribution is 2.39. The van der Waals surface area contributed by atoms with Crippen molar-refractivity contribution in [3.63, 3.8) is 0 Å². The van der Waals surface area contributed by atoms with E-state index in [1.807, 2.05) is 0 Å². The molecule has 0 N–H and O–H groups in total. The van der Waals surface area contributed by atoms with Crippen molar-refractivity contribution in [1.29, 1.82) is 0 Å². The van der Waals surface area contributed by atoms with E-state index in [9.17, 15) is 27.6 Å². The van der Waals surface area contributed by atoms with Crippen molar-refractivity contribution < 1.29 is 37.0 Å². The van der Waals surface area contributed by atoms with Crippen LogP contribution in [0, 0.1) is 12.8 Å².